The quantitative estimate of drug-likeness (QED) is 0.725. The molecule has 0 saturated carbocycles. The average Bonchev–Trinajstić information content (AvgIpc) is 2.86. The maximum absolute atomic E-state index is 12.3. The van der Waals surface area contributed by atoms with Crippen LogP contribution in [0.2, 0.25) is 0 Å². The lowest BCUT2D eigenvalue weighted by Crippen LogP contribution is -2.12. The fraction of sp³-hybridized carbons (Fsp3) is 0. The first kappa shape index (κ1) is 14.3. The van der Waals surface area contributed by atoms with E-state index < -0.39 is 10.0 Å². The molecule has 0 atom stereocenters. The lowest BCUT2D eigenvalue weighted by Gasteiger charge is -2.09. The van der Waals surface area contributed by atoms with Gasteiger partial charge < -0.3 is 5.73 Å². The second kappa shape index (κ2) is 5.28. The zero-order valence-electron chi connectivity index (χ0n) is 10.6. The molecular weight excluding hydrogens is 374 g/mol. The number of nitrogens with one attached hydrogen (secondary N) is 1. The van der Waals surface area contributed by atoms with Gasteiger partial charge in [-0.25, -0.2) is 8.42 Å². The van der Waals surface area contributed by atoms with Gasteiger partial charge in [-0.3, -0.25) is 9.71 Å². The molecule has 0 unspecified atom stereocenters. The Morgan fingerprint density at radius 3 is 2.81 bits per heavy atom. The molecule has 0 fully saturated rings. The van der Waals surface area contributed by atoms with Crippen LogP contribution in [0.25, 0.3) is 10.9 Å². The van der Waals surface area contributed by atoms with Gasteiger partial charge in [-0.2, -0.15) is 0 Å². The van der Waals surface area contributed by atoms with Crippen molar-refractivity contribution in [2.45, 2.75) is 4.21 Å². The third-order valence-electron chi connectivity index (χ3n) is 2.78. The lowest BCUT2D eigenvalue weighted by molar-refractivity contribution is 0.603. The second-order valence-electron chi connectivity index (χ2n) is 4.34. The first-order valence-corrected chi connectivity index (χ1v) is 9.02. The van der Waals surface area contributed by atoms with Gasteiger partial charge in [-0.15, -0.1) is 11.3 Å². The van der Waals surface area contributed by atoms with E-state index in [0.717, 1.165) is 21.2 Å². The second-order valence-corrected chi connectivity index (χ2v) is 8.07. The minimum Gasteiger partial charge on any atom is -0.398 e. The van der Waals surface area contributed by atoms with E-state index in [0.29, 0.717) is 16.9 Å². The van der Waals surface area contributed by atoms with E-state index in [2.05, 4.69) is 25.6 Å². The van der Waals surface area contributed by atoms with E-state index in [4.69, 9.17) is 5.73 Å². The molecule has 0 bridgehead atoms. The maximum atomic E-state index is 12.3. The first-order chi connectivity index (χ1) is 9.95. The monoisotopic (exact) mass is 383 g/mol. The standard InChI is InChI=1S/C13H10BrN3O2S2/c14-9-4-8-2-1-3-11(13(8)16-6-9)17-21(18,19)12-5-10(15)7-20-12/h1-7,17H,15H2. The van der Waals surface area contributed by atoms with Crippen LogP contribution < -0.4 is 10.5 Å². The molecule has 3 aromatic rings. The minimum atomic E-state index is -3.66. The number of hydrogen-bond donors (Lipinski definition) is 2. The first-order valence-electron chi connectivity index (χ1n) is 5.87. The van der Waals surface area contributed by atoms with Crippen molar-refractivity contribution in [2.24, 2.45) is 0 Å². The molecule has 108 valence electrons. The van der Waals surface area contributed by atoms with Gasteiger partial charge in [-0.1, -0.05) is 12.1 Å². The highest BCUT2D eigenvalue weighted by atomic mass is 79.9. The summed E-state index contributed by atoms with van der Waals surface area (Å²) in [6.07, 6.45) is 1.63. The van der Waals surface area contributed by atoms with E-state index in [9.17, 15) is 8.42 Å². The molecule has 5 nitrogen and oxygen atoms in total. The van der Waals surface area contributed by atoms with Crippen LogP contribution in [0.15, 0.2) is 50.6 Å². The largest absolute Gasteiger partial charge is 0.398 e. The molecule has 3 N–H and O–H groups in total. The van der Waals surface area contributed by atoms with Crippen molar-refractivity contribution in [1.29, 1.82) is 0 Å². The number of aromatic nitrogens is 1. The van der Waals surface area contributed by atoms with Gasteiger partial charge in [0.1, 0.15) is 4.21 Å². The number of sulfonamides is 1. The molecule has 1 aromatic carbocycles. The maximum Gasteiger partial charge on any atom is 0.271 e. The summed E-state index contributed by atoms with van der Waals surface area (Å²) in [6.45, 7) is 0. The number of anilines is 2. The summed E-state index contributed by atoms with van der Waals surface area (Å²) in [5.74, 6) is 0. The number of para-hydroxylation sites is 1. The fourth-order valence-corrected chi connectivity index (χ4v) is 4.38. The van der Waals surface area contributed by atoms with Gasteiger partial charge in [0.15, 0.2) is 0 Å². The molecule has 21 heavy (non-hydrogen) atoms. The molecule has 0 spiro atoms. The van der Waals surface area contributed by atoms with E-state index >= 15 is 0 Å². The molecule has 0 aliphatic heterocycles. The predicted octanol–water partition coefficient (Wildman–Crippen LogP) is 3.44. The molecule has 2 heterocycles. The van der Waals surface area contributed by atoms with Gasteiger partial charge in [-0.05, 0) is 34.1 Å². The lowest BCUT2D eigenvalue weighted by atomic mass is 10.2. The SMILES string of the molecule is Nc1csc(S(=O)(=O)Nc2cccc3cc(Br)cnc23)c1. The molecule has 2 aromatic heterocycles. The molecule has 0 amide bonds. The number of fused-ring (bicyclic) bond motifs is 1. The van der Waals surface area contributed by atoms with Crippen molar-refractivity contribution in [3.63, 3.8) is 0 Å². The number of benzene rings is 1. The molecular formula is C13H10BrN3O2S2. The van der Waals surface area contributed by atoms with E-state index in [1.54, 1.807) is 23.7 Å². The Morgan fingerprint density at radius 2 is 2.10 bits per heavy atom. The van der Waals surface area contributed by atoms with Crippen molar-refractivity contribution >= 4 is 59.6 Å². The van der Waals surface area contributed by atoms with Crippen LogP contribution in [0.5, 0.6) is 0 Å². The van der Waals surface area contributed by atoms with E-state index in [1.807, 2.05) is 12.1 Å². The number of halogens is 1. The Hall–Kier alpha value is -1.64. The number of thiophene rings is 1. The summed E-state index contributed by atoms with van der Waals surface area (Å²) in [5, 5.41) is 2.43. The van der Waals surface area contributed by atoms with Crippen LogP contribution in [0.4, 0.5) is 11.4 Å². The number of nitrogen functional groups attached to an aromatic ring is 1. The number of pyridine rings is 1. The smallest absolute Gasteiger partial charge is 0.271 e. The van der Waals surface area contributed by atoms with Gasteiger partial charge in [0.25, 0.3) is 10.0 Å². The zero-order chi connectivity index (χ0) is 15.0. The van der Waals surface area contributed by atoms with Crippen LogP contribution in [0, 0.1) is 0 Å². The van der Waals surface area contributed by atoms with Crippen LogP contribution in [-0.2, 0) is 10.0 Å². The molecule has 0 aliphatic rings. The summed E-state index contributed by atoms with van der Waals surface area (Å²) in [5.41, 5.74) is 7.04. The molecule has 0 radical (unpaired) electrons. The van der Waals surface area contributed by atoms with Gasteiger partial charge in [0.05, 0.1) is 11.2 Å². The predicted molar refractivity (Wildman–Crippen MR) is 89.0 cm³/mol. The molecule has 0 aliphatic carbocycles. The van der Waals surface area contributed by atoms with Crippen LogP contribution >= 0.6 is 27.3 Å². The van der Waals surface area contributed by atoms with Crippen molar-refractivity contribution in [2.75, 3.05) is 10.5 Å². The Morgan fingerprint density at radius 1 is 1.29 bits per heavy atom. The van der Waals surface area contributed by atoms with Gasteiger partial charge >= 0.3 is 0 Å². The van der Waals surface area contributed by atoms with Crippen LogP contribution in [-0.4, -0.2) is 13.4 Å². The highest BCUT2D eigenvalue weighted by Crippen LogP contribution is 2.28. The Balaban J connectivity index is 2.06. The average molecular weight is 384 g/mol. The third kappa shape index (κ3) is 2.87. The Bertz CT molecular complexity index is 922. The summed E-state index contributed by atoms with van der Waals surface area (Å²) in [4.78, 5) is 4.27. The molecule has 8 heteroatoms. The number of hydrogen-bond acceptors (Lipinski definition) is 5. The summed E-state index contributed by atoms with van der Waals surface area (Å²) >= 11 is 4.42. The van der Waals surface area contributed by atoms with Crippen molar-refractivity contribution in [3.8, 4) is 0 Å². The fourth-order valence-electron chi connectivity index (χ4n) is 1.88. The number of nitrogens with two attached hydrogens (primary N) is 1. The Kier molecular flexibility index (Phi) is 3.60. The highest BCUT2D eigenvalue weighted by molar-refractivity contribution is 9.10. The minimum absolute atomic E-state index is 0.175. The van der Waals surface area contributed by atoms with E-state index in [1.165, 1.54) is 6.07 Å². The summed E-state index contributed by atoms with van der Waals surface area (Å²) in [7, 11) is -3.66. The zero-order valence-corrected chi connectivity index (χ0v) is 13.8. The van der Waals surface area contributed by atoms with Crippen molar-refractivity contribution in [1.82, 2.24) is 4.98 Å². The van der Waals surface area contributed by atoms with E-state index in [-0.39, 0.29) is 4.21 Å². The Labute approximate surface area is 134 Å². The number of rotatable bonds is 3. The molecule has 3 rings (SSSR count). The topological polar surface area (TPSA) is 85.1 Å². The van der Waals surface area contributed by atoms with Crippen LogP contribution in [0.1, 0.15) is 0 Å². The van der Waals surface area contributed by atoms with Crippen molar-refractivity contribution < 1.29 is 8.42 Å². The van der Waals surface area contributed by atoms with Gasteiger partial charge in [0.2, 0.25) is 0 Å². The third-order valence-corrected chi connectivity index (χ3v) is 6.04. The van der Waals surface area contributed by atoms with Gasteiger partial charge in [0, 0.05) is 27.1 Å². The summed E-state index contributed by atoms with van der Waals surface area (Å²) in [6, 6.07) is 8.63. The molecule has 0 saturated heterocycles. The highest BCUT2D eigenvalue weighted by Gasteiger charge is 2.18. The summed E-state index contributed by atoms with van der Waals surface area (Å²) < 4.78 is 28.2. The van der Waals surface area contributed by atoms with Crippen molar-refractivity contribution in [3.05, 3.63) is 46.4 Å². The number of nitrogens with zero attached hydrogens (tertiary/aromatic N) is 1. The normalized spacial score (nSPS) is 11.7. The van der Waals surface area contributed by atoms with Crippen LogP contribution in [0.3, 0.4) is 0 Å².